The molecule has 0 fully saturated rings. The van der Waals surface area contributed by atoms with E-state index in [0.29, 0.717) is 6.54 Å². The van der Waals surface area contributed by atoms with Gasteiger partial charge in [0.25, 0.3) is 5.91 Å². The largest absolute Gasteiger partial charge is 0.302 e. The van der Waals surface area contributed by atoms with Gasteiger partial charge in [0, 0.05) is 24.0 Å². The molecule has 0 N–H and O–H groups in total. The van der Waals surface area contributed by atoms with Crippen LogP contribution in [0, 0.1) is 6.92 Å². The second-order valence-electron chi connectivity index (χ2n) is 6.33. The molecule has 0 saturated carbocycles. The average Bonchev–Trinajstić information content (AvgIpc) is 3.32. The molecule has 1 aromatic carbocycles. The molecular weight excluding hydrogens is 410 g/mol. The van der Waals surface area contributed by atoms with Crippen molar-refractivity contribution in [3.8, 4) is 0 Å². The number of fused-ring (bicyclic) bond motifs is 1. The van der Waals surface area contributed by atoms with Gasteiger partial charge in [-0.3, -0.25) is 9.69 Å². The van der Waals surface area contributed by atoms with Crippen LogP contribution in [0.1, 0.15) is 24.3 Å². The molecule has 0 spiro atoms. The maximum atomic E-state index is 13.0. The topological polar surface area (TPSA) is 36.4 Å². The summed E-state index contributed by atoms with van der Waals surface area (Å²) in [5.41, 5.74) is 2.15. The summed E-state index contributed by atoms with van der Waals surface area (Å²) in [6.45, 7) is 9.78. The van der Waals surface area contributed by atoms with E-state index in [9.17, 15) is 4.79 Å². The van der Waals surface area contributed by atoms with Crippen molar-refractivity contribution in [2.24, 2.45) is 0 Å². The number of anilines is 1. The van der Waals surface area contributed by atoms with Crippen LogP contribution in [-0.4, -0.2) is 42.0 Å². The van der Waals surface area contributed by atoms with E-state index >= 15 is 0 Å². The van der Waals surface area contributed by atoms with Crippen molar-refractivity contribution in [2.45, 2.75) is 20.8 Å². The zero-order valence-corrected chi connectivity index (χ0v) is 18.9. The van der Waals surface area contributed by atoms with E-state index in [1.807, 2.05) is 34.6 Å². The third-order valence-corrected chi connectivity index (χ3v) is 6.38. The fraction of sp³-hybridized carbons (Fsp3) is 0.333. The molecule has 150 valence electrons. The van der Waals surface area contributed by atoms with E-state index < -0.39 is 0 Å². The Bertz CT molecular complexity index is 917. The van der Waals surface area contributed by atoms with E-state index in [-0.39, 0.29) is 18.3 Å². The van der Waals surface area contributed by atoms with Gasteiger partial charge >= 0.3 is 0 Å². The van der Waals surface area contributed by atoms with Crippen LogP contribution >= 0.6 is 35.1 Å². The average molecular weight is 436 g/mol. The highest BCUT2D eigenvalue weighted by Gasteiger charge is 2.18. The number of thiophene rings is 1. The Morgan fingerprint density at radius 3 is 2.64 bits per heavy atom. The molecule has 4 nitrogen and oxygen atoms in total. The summed E-state index contributed by atoms with van der Waals surface area (Å²) < 4.78 is 1.12. The van der Waals surface area contributed by atoms with Crippen LogP contribution in [0.25, 0.3) is 16.3 Å². The van der Waals surface area contributed by atoms with Crippen LogP contribution < -0.4 is 4.90 Å². The lowest BCUT2D eigenvalue weighted by atomic mass is 10.2. The van der Waals surface area contributed by atoms with Gasteiger partial charge in [-0.25, -0.2) is 4.98 Å². The summed E-state index contributed by atoms with van der Waals surface area (Å²) in [5.74, 6) is -0.0219. The molecule has 0 aliphatic heterocycles. The van der Waals surface area contributed by atoms with Crippen molar-refractivity contribution >= 4 is 62.4 Å². The third kappa shape index (κ3) is 5.64. The SMILES string of the molecule is CCN(CC)CCN(C(=O)/C=C/c1cccs1)c1nc2ccc(C)cc2s1.Cl. The number of carbonyl (C=O) groups excluding carboxylic acids is 1. The van der Waals surface area contributed by atoms with Crippen LogP contribution in [0.4, 0.5) is 5.13 Å². The number of thiazole rings is 1. The highest BCUT2D eigenvalue weighted by atomic mass is 35.5. The Balaban J connectivity index is 0.00000280. The highest BCUT2D eigenvalue weighted by Crippen LogP contribution is 2.29. The van der Waals surface area contributed by atoms with Gasteiger partial charge < -0.3 is 4.90 Å². The maximum absolute atomic E-state index is 13.0. The normalized spacial score (nSPS) is 11.3. The van der Waals surface area contributed by atoms with Crippen molar-refractivity contribution in [3.05, 3.63) is 52.2 Å². The molecule has 0 aliphatic carbocycles. The van der Waals surface area contributed by atoms with Crippen molar-refractivity contribution in [1.29, 1.82) is 0 Å². The first-order valence-corrected chi connectivity index (χ1v) is 10.9. The van der Waals surface area contributed by atoms with Crippen LogP contribution in [0.15, 0.2) is 41.8 Å². The van der Waals surface area contributed by atoms with Crippen LogP contribution in [0.3, 0.4) is 0 Å². The predicted molar refractivity (Wildman–Crippen MR) is 125 cm³/mol. The van der Waals surface area contributed by atoms with E-state index in [4.69, 9.17) is 4.98 Å². The summed E-state index contributed by atoms with van der Waals surface area (Å²) >= 11 is 3.21. The quantitative estimate of drug-likeness (QED) is 0.440. The van der Waals surface area contributed by atoms with Gasteiger partial charge in [-0.1, -0.05) is 37.3 Å². The number of benzene rings is 1. The number of aromatic nitrogens is 1. The number of nitrogens with zero attached hydrogens (tertiary/aromatic N) is 3. The maximum Gasteiger partial charge on any atom is 0.252 e. The van der Waals surface area contributed by atoms with Crippen LogP contribution in [0.5, 0.6) is 0 Å². The smallest absolute Gasteiger partial charge is 0.252 e. The number of rotatable bonds is 8. The molecule has 2 aromatic heterocycles. The third-order valence-electron chi connectivity index (χ3n) is 4.50. The van der Waals surface area contributed by atoms with Crippen molar-refractivity contribution < 1.29 is 4.79 Å². The van der Waals surface area contributed by atoms with E-state index in [1.54, 1.807) is 28.7 Å². The molecule has 0 aliphatic rings. The minimum Gasteiger partial charge on any atom is -0.302 e. The number of carbonyl (C=O) groups is 1. The lowest BCUT2D eigenvalue weighted by molar-refractivity contribution is -0.114. The van der Waals surface area contributed by atoms with Gasteiger partial charge in [0.2, 0.25) is 0 Å². The Kier molecular flexibility index (Phi) is 8.63. The van der Waals surface area contributed by atoms with Gasteiger partial charge in [-0.05, 0) is 55.2 Å². The van der Waals surface area contributed by atoms with Gasteiger partial charge in [-0.15, -0.1) is 23.7 Å². The number of amides is 1. The van der Waals surface area contributed by atoms with E-state index in [0.717, 1.165) is 39.9 Å². The van der Waals surface area contributed by atoms with Gasteiger partial charge in [0.05, 0.1) is 10.2 Å². The number of hydrogen-bond donors (Lipinski definition) is 0. The molecule has 3 aromatic rings. The first-order chi connectivity index (χ1) is 13.1. The van der Waals surface area contributed by atoms with Crippen molar-refractivity contribution in [3.63, 3.8) is 0 Å². The summed E-state index contributed by atoms with van der Waals surface area (Å²) in [6.07, 6.45) is 3.54. The lowest BCUT2D eigenvalue weighted by Gasteiger charge is -2.23. The summed E-state index contributed by atoms with van der Waals surface area (Å²) in [5, 5.41) is 2.78. The molecule has 0 radical (unpaired) electrons. The molecule has 3 rings (SSSR count). The standard InChI is InChI=1S/C21H25N3OS2.ClH/c1-4-23(5-2)12-13-24(20(25)11-9-17-7-6-14-26-17)21-22-18-10-8-16(3)15-19(18)27-21;/h6-11,14-15H,4-5,12-13H2,1-3H3;1H/b11-9+;. The molecule has 1 amide bonds. The number of halogens is 1. The highest BCUT2D eigenvalue weighted by molar-refractivity contribution is 7.22. The molecule has 0 atom stereocenters. The Morgan fingerprint density at radius 2 is 1.96 bits per heavy atom. The van der Waals surface area contributed by atoms with Crippen LogP contribution in [0.2, 0.25) is 0 Å². The van der Waals surface area contributed by atoms with Crippen molar-refractivity contribution in [2.75, 3.05) is 31.1 Å². The van der Waals surface area contributed by atoms with Crippen LogP contribution in [-0.2, 0) is 4.79 Å². The molecule has 0 saturated heterocycles. The molecule has 0 unspecified atom stereocenters. The van der Waals surface area contributed by atoms with Crippen molar-refractivity contribution in [1.82, 2.24) is 9.88 Å². The summed E-state index contributed by atoms with van der Waals surface area (Å²) in [6, 6.07) is 10.2. The fourth-order valence-corrected chi connectivity index (χ4v) is 4.56. The Morgan fingerprint density at radius 1 is 1.18 bits per heavy atom. The molecule has 7 heteroatoms. The minimum atomic E-state index is -0.0219. The molecule has 2 heterocycles. The van der Waals surface area contributed by atoms with Gasteiger partial charge in [-0.2, -0.15) is 0 Å². The molecular formula is C21H26ClN3OS2. The second kappa shape index (κ2) is 10.7. The molecule has 0 bridgehead atoms. The molecule has 28 heavy (non-hydrogen) atoms. The second-order valence-corrected chi connectivity index (χ2v) is 8.32. The fourth-order valence-electron chi connectivity index (χ4n) is 2.85. The number of likely N-dealkylation sites (N-methyl/N-ethyl adjacent to an activating group) is 1. The number of hydrogen-bond acceptors (Lipinski definition) is 5. The monoisotopic (exact) mass is 435 g/mol. The lowest BCUT2D eigenvalue weighted by Crippen LogP contribution is -2.38. The number of aryl methyl sites for hydroxylation is 1. The Labute approximate surface area is 180 Å². The minimum absolute atomic E-state index is 0. The van der Waals surface area contributed by atoms with Gasteiger partial charge in [0.1, 0.15) is 0 Å². The zero-order chi connectivity index (χ0) is 19.2. The first kappa shape index (κ1) is 22.6. The van der Waals surface area contributed by atoms with E-state index in [1.165, 1.54) is 5.56 Å². The summed E-state index contributed by atoms with van der Waals surface area (Å²) in [4.78, 5) is 22.9. The summed E-state index contributed by atoms with van der Waals surface area (Å²) in [7, 11) is 0. The van der Waals surface area contributed by atoms with E-state index in [2.05, 4.69) is 37.8 Å². The Hall–Kier alpha value is -1.73. The first-order valence-electron chi connectivity index (χ1n) is 9.23. The van der Waals surface area contributed by atoms with Gasteiger partial charge in [0.15, 0.2) is 5.13 Å². The predicted octanol–water partition coefficient (Wildman–Crippen LogP) is 5.48. The zero-order valence-electron chi connectivity index (χ0n) is 16.4.